The Morgan fingerprint density at radius 3 is 2.95 bits per heavy atom. The fourth-order valence-corrected chi connectivity index (χ4v) is 2.60. The van der Waals surface area contributed by atoms with Crippen molar-refractivity contribution in [2.75, 3.05) is 5.32 Å². The Morgan fingerprint density at radius 2 is 2.25 bits per heavy atom. The van der Waals surface area contributed by atoms with Crippen molar-refractivity contribution in [1.82, 2.24) is 0 Å². The molecule has 0 spiro atoms. The maximum atomic E-state index is 12.1. The van der Waals surface area contributed by atoms with E-state index >= 15 is 0 Å². The molecule has 1 N–H and O–H groups in total. The zero-order valence-electron chi connectivity index (χ0n) is 11.4. The molecule has 1 atom stereocenters. The molecular weight excluding hydrogens is 294 g/mol. The Labute approximate surface area is 127 Å². The number of thioether (sulfide) groups is 1. The van der Waals surface area contributed by atoms with Crippen LogP contribution < -0.4 is 5.32 Å². The van der Waals surface area contributed by atoms with Gasteiger partial charge in [0.1, 0.15) is 5.76 Å². The van der Waals surface area contributed by atoms with E-state index in [1.54, 1.807) is 12.3 Å². The zero-order valence-corrected chi connectivity index (χ0v) is 12.9. The largest absolute Gasteiger partial charge is 0.468 e. The summed E-state index contributed by atoms with van der Waals surface area (Å²) in [5, 5.41) is 3.35. The van der Waals surface area contributed by atoms with E-state index < -0.39 is 0 Å². The number of amides is 1. The lowest BCUT2D eigenvalue weighted by atomic mass is 10.2. The molecule has 2 aromatic rings. The summed E-state index contributed by atoms with van der Waals surface area (Å²) >= 11 is 7.47. The number of benzene rings is 1. The fraction of sp³-hybridized carbons (Fsp3) is 0.267. The van der Waals surface area contributed by atoms with Crippen molar-refractivity contribution >= 4 is 35.0 Å². The van der Waals surface area contributed by atoms with Gasteiger partial charge in [-0.15, -0.1) is 11.8 Å². The van der Waals surface area contributed by atoms with Crippen molar-refractivity contribution in [2.45, 2.75) is 24.9 Å². The Morgan fingerprint density at radius 1 is 1.45 bits per heavy atom. The molecule has 0 radical (unpaired) electrons. The number of hydrogen-bond donors (Lipinski definition) is 1. The van der Waals surface area contributed by atoms with Crippen LogP contribution in [0.5, 0.6) is 0 Å². The Balaban J connectivity index is 1.92. The maximum Gasteiger partial charge on any atom is 0.237 e. The Kier molecular flexibility index (Phi) is 5.15. The van der Waals surface area contributed by atoms with Crippen LogP contribution in [0, 0.1) is 6.92 Å². The molecule has 3 nitrogen and oxygen atoms in total. The van der Waals surface area contributed by atoms with Gasteiger partial charge >= 0.3 is 0 Å². The van der Waals surface area contributed by atoms with Gasteiger partial charge in [0.05, 0.1) is 17.3 Å². The molecule has 0 fully saturated rings. The average Bonchev–Trinajstić information content (AvgIpc) is 2.93. The molecule has 0 bridgehead atoms. The second-order valence-corrected chi connectivity index (χ2v) is 6.25. The number of nitrogens with one attached hydrogen (secondary N) is 1. The molecule has 0 aliphatic rings. The predicted molar refractivity (Wildman–Crippen MR) is 84.3 cm³/mol. The predicted octanol–water partition coefficient (Wildman–Crippen LogP) is 4.50. The molecule has 5 heteroatoms. The number of furan rings is 1. The molecule has 1 heterocycles. The van der Waals surface area contributed by atoms with Crippen molar-refractivity contribution in [3.05, 3.63) is 52.9 Å². The van der Waals surface area contributed by atoms with E-state index in [9.17, 15) is 4.79 Å². The van der Waals surface area contributed by atoms with Gasteiger partial charge in [-0.1, -0.05) is 17.7 Å². The summed E-state index contributed by atoms with van der Waals surface area (Å²) in [4.78, 5) is 12.1. The summed E-state index contributed by atoms with van der Waals surface area (Å²) in [6, 6.07) is 9.20. The highest BCUT2D eigenvalue weighted by atomic mass is 35.5. The molecule has 0 aliphatic heterocycles. The summed E-state index contributed by atoms with van der Waals surface area (Å²) in [6.07, 6.45) is 1.63. The smallest absolute Gasteiger partial charge is 0.237 e. The van der Waals surface area contributed by atoms with Gasteiger partial charge in [-0.2, -0.15) is 0 Å². The van der Waals surface area contributed by atoms with Gasteiger partial charge < -0.3 is 9.73 Å². The van der Waals surface area contributed by atoms with Crippen molar-refractivity contribution < 1.29 is 9.21 Å². The van der Waals surface area contributed by atoms with Crippen LogP contribution in [0.15, 0.2) is 41.0 Å². The highest BCUT2D eigenvalue weighted by molar-refractivity contribution is 7.99. The number of carbonyl (C=O) groups excluding carboxylic acids is 1. The van der Waals surface area contributed by atoms with Crippen LogP contribution in [-0.4, -0.2) is 11.2 Å². The third-order valence-electron chi connectivity index (χ3n) is 2.88. The van der Waals surface area contributed by atoms with E-state index in [0.717, 1.165) is 17.0 Å². The number of anilines is 1. The minimum atomic E-state index is -0.168. The lowest BCUT2D eigenvalue weighted by Crippen LogP contribution is -2.23. The number of hydrogen-bond acceptors (Lipinski definition) is 3. The fourth-order valence-electron chi connectivity index (χ4n) is 1.64. The molecule has 0 aliphatic carbocycles. The van der Waals surface area contributed by atoms with Gasteiger partial charge in [-0.3, -0.25) is 4.79 Å². The quantitative estimate of drug-likeness (QED) is 0.884. The first-order valence-electron chi connectivity index (χ1n) is 6.27. The monoisotopic (exact) mass is 309 g/mol. The molecule has 20 heavy (non-hydrogen) atoms. The van der Waals surface area contributed by atoms with E-state index in [-0.39, 0.29) is 11.2 Å². The second kappa shape index (κ2) is 6.86. The van der Waals surface area contributed by atoms with Crippen molar-refractivity contribution in [3.63, 3.8) is 0 Å². The second-order valence-electron chi connectivity index (χ2n) is 4.48. The molecule has 0 saturated carbocycles. The number of carbonyl (C=O) groups is 1. The summed E-state index contributed by atoms with van der Waals surface area (Å²) in [5.74, 6) is 1.51. The lowest BCUT2D eigenvalue weighted by Gasteiger charge is -2.13. The van der Waals surface area contributed by atoms with Crippen LogP contribution in [0.25, 0.3) is 0 Å². The molecular formula is C15H16ClNO2S. The Bertz CT molecular complexity index is 584. The summed E-state index contributed by atoms with van der Waals surface area (Å²) in [6.45, 7) is 3.81. The molecule has 106 valence electrons. The van der Waals surface area contributed by atoms with Crippen molar-refractivity contribution in [3.8, 4) is 0 Å². The SMILES string of the molecule is Cc1ccc(Cl)cc1NC(=O)C(C)SCc1ccco1. The molecule has 1 aromatic carbocycles. The highest BCUT2D eigenvalue weighted by Crippen LogP contribution is 2.23. The van der Waals surface area contributed by atoms with Crippen LogP contribution >= 0.6 is 23.4 Å². The summed E-state index contributed by atoms with van der Waals surface area (Å²) in [5.41, 5.74) is 1.75. The molecule has 1 unspecified atom stereocenters. The van der Waals surface area contributed by atoms with Crippen LogP contribution in [0.2, 0.25) is 5.02 Å². The van der Waals surface area contributed by atoms with E-state index in [4.69, 9.17) is 16.0 Å². The van der Waals surface area contributed by atoms with E-state index in [1.165, 1.54) is 11.8 Å². The first-order valence-corrected chi connectivity index (χ1v) is 7.70. The van der Waals surface area contributed by atoms with Crippen LogP contribution in [-0.2, 0) is 10.5 Å². The van der Waals surface area contributed by atoms with Gasteiger partial charge in [-0.25, -0.2) is 0 Å². The topological polar surface area (TPSA) is 42.2 Å². The third kappa shape index (κ3) is 4.05. The molecule has 2 rings (SSSR count). The maximum absolute atomic E-state index is 12.1. The Hall–Kier alpha value is -1.39. The minimum absolute atomic E-state index is 0.0353. The van der Waals surface area contributed by atoms with Crippen molar-refractivity contribution in [2.24, 2.45) is 0 Å². The van der Waals surface area contributed by atoms with Crippen molar-refractivity contribution in [1.29, 1.82) is 0 Å². The van der Waals surface area contributed by atoms with E-state index in [2.05, 4.69) is 5.32 Å². The summed E-state index contributed by atoms with van der Waals surface area (Å²) < 4.78 is 5.25. The number of rotatable bonds is 5. The van der Waals surface area contributed by atoms with E-state index in [0.29, 0.717) is 10.8 Å². The average molecular weight is 310 g/mol. The third-order valence-corrected chi connectivity index (χ3v) is 4.28. The zero-order chi connectivity index (χ0) is 14.5. The molecule has 1 aromatic heterocycles. The summed E-state index contributed by atoms with van der Waals surface area (Å²) in [7, 11) is 0. The van der Waals surface area contributed by atoms with Gasteiger partial charge in [0.15, 0.2) is 0 Å². The number of halogens is 1. The number of aryl methyl sites for hydroxylation is 1. The highest BCUT2D eigenvalue weighted by Gasteiger charge is 2.15. The van der Waals surface area contributed by atoms with Gasteiger partial charge in [0.25, 0.3) is 0 Å². The minimum Gasteiger partial charge on any atom is -0.468 e. The standard InChI is InChI=1S/C15H16ClNO2S/c1-10-5-6-12(16)8-14(10)17-15(18)11(2)20-9-13-4-3-7-19-13/h3-8,11H,9H2,1-2H3,(H,17,18). The molecule has 1 amide bonds. The lowest BCUT2D eigenvalue weighted by molar-refractivity contribution is -0.115. The van der Waals surface area contributed by atoms with Gasteiger partial charge in [0, 0.05) is 10.7 Å². The van der Waals surface area contributed by atoms with Crippen LogP contribution in [0.3, 0.4) is 0 Å². The van der Waals surface area contributed by atoms with Crippen LogP contribution in [0.1, 0.15) is 18.2 Å². The van der Waals surface area contributed by atoms with Gasteiger partial charge in [0.2, 0.25) is 5.91 Å². The first kappa shape index (κ1) is 15.0. The van der Waals surface area contributed by atoms with Gasteiger partial charge in [-0.05, 0) is 43.7 Å². The van der Waals surface area contributed by atoms with E-state index in [1.807, 2.05) is 38.1 Å². The normalized spacial score (nSPS) is 12.2. The van der Waals surface area contributed by atoms with Crippen LogP contribution in [0.4, 0.5) is 5.69 Å². The molecule has 0 saturated heterocycles. The first-order chi connectivity index (χ1) is 9.56.